The Morgan fingerprint density at radius 2 is 1.44 bits per heavy atom. The monoisotopic (exact) mass is 162 g/mol. The van der Waals surface area contributed by atoms with Gasteiger partial charge in [0.2, 0.25) is 0 Å². The molecule has 0 unspecified atom stereocenters. The molecule has 0 aromatic carbocycles. The lowest BCUT2D eigenvalue weighted by atomic mass is 10.1. The van der Waals surface area contributed by atoms with Gasteiger partial charge in [-0.1, -0.05) is 12.2 Å². The molecule has 2 aliphatic carbocycles. The molecule has 0 saturated heterocycles. The van der Waals surface area contributed by atoms with Crippen molar-refractivity contribution in [1.29, 1.82) is 0 Å². The van der Waals surface area contributed by atoms with Gasteiger partial charge in [0.25, 0.3) is 0 Å². The fraction of sp³-hybridized carbons (Fsp3) is 0.714. The van der Waals surface area contributed by atoms with Crippen molar-refractivity contribution >= 4 is 23.2 Å². The lowest BCUT2D eigenvalue weighted by molar-refractivity contribution is 0.694. The predicted octanol–water partition coefficient (Wildman–Crippen LogP) is 2.41. The molecule has 0 radical (unpaired) electrons. The first-order chi connectivity index (χ1) is 4.29. The average Bonchev–Trinajstić information content (AvgIpc) is 2.37. The predicted molar refractivity (Wildman–Crippen MR) is 40.0 cm³/mol. The minimum Gasteiger partial charge on any atom is -0.121 e. The van der Waals surface area contributed by atoms with E-state index in [1.807, 2.05) is 0 Å². The van der Waals surface area contributed by atoms with Crippen molar-refractivity contribution in [3.63, 3.8) is 0 Å². The summed E-state index contributed by atoms with van der Waals surface area (Å²) in [5, 5.41) is 0.392. The summed E-state index contributed by atoms with van der Waals surface area (Å²) in [4.78, 5) is 0. The van der Waals surface area contributed by atoms with Crippen LogP contribution in [0.25, 0.3) is 0 Å². The van der Waals surface area contributed by atoms with Crippen molar-refractivity contribution in [3.8, 4) is 0 Å². The van der Waals surface area contributed by atoms with Gasteiger partial charge in [0, 0.05) is 0 Å². The van der Waals surface area contributed by atoms with Crippen LogP contribution in [-0.4, -0.2) is 10.8 Å². The number of hydrogen-bond acceptors (Lipinski definition) is 0. The van der Waals surface area contributed by atoms with Gasteiger partial charge in [0.1, 0.15) is 0 Å². The maximum absolute atomic E-state index is 5.98. The third kappa shape index (κ3) is 0.731. The molecular formula is C7H8Cl2. The highest BCUT2D eigenvalue weighted by atomic mass is 35.5. The third-order valence-electron chi connectivity index (χ3n) is 2.27. The van der Waals surface area contributed by atoms with Gasteiger partial charge in [-0.15, -0.1) is 23.2 Å². The summed E-state index contributed by atoms with van der Waals surface area (Å²) in [6.45, 7) is 0. The lowest BCUT2D eigenvalue weighted by Gasteiger charge is -2.15. The van der Waals surface area contributed by atoms with Crippen LogP contribution in [-0.2, 0) is 0 Å². The largest absolute Gasteiger partial charge is 0.121 e. The maximum atomic E-state index is 5.98. The molecule has 0 aromatic heterocycles. The van der Waals surface area contributed by atoms with E-state index in [2.05, 4.69) is 12.2 Å². The third-order valence-corrected chi connectivity index (χ3v) is 3.59. The number of rotatable bonds is 0. The van der Waals surface area contributed by atoms with E-state index in [4.69, 9.17) is 23.2 Å². The van der Waals surface area contributed by atoms with Gasteiger partial charge in [-0.2, -0.15) is 0 Å². The second-order valence-corrected chi connectivity index (χ2v) is 3.85. The summed E-state index contributed by atoms with van der Waals surface area (Å²) in [5.74, 6) is 1.14. The molecular weight excluding hydrogens is 155 g/mol. The lowest BCUT2D eigenvalue weighted by Crippen LogP contribution is -2.19. The Morgan fingerprint density at radius 3 is 1.67 bits per heavy atom. The Kier molecular flexibility index (Phi) is 1.28. The minimum atomic E-state index is 0.196. The summed E-state index contributed by atoms with van der Waals surface area (Å²) in [6.07, 6.45) is 5.57. The van der Waals surface area contributed by atoms with Crippen LogP contribution in [0.5, 0.6) is 0 Å². The molecule has 0 spiro atoms. The number of allylic oxidation sites excluding steroid dienone is 2. The van der Waals surface area contributed by atoms with Gasteiger partial charge in [0.15, 0.2) is 0 Å². The molecule has 2 bridgehead atoms. The summed E-state index contributed by atoms with van der Waals surface area (Å²) >= 11 is 12.0. The summed E-state index contributed by atoms with van der Waals surface area (Å²) < 4.78 is 0. The molecule has 0 N–H and O–H groups in total. The Labute approximate surface area is 64.8 Å². The van der Waals surface area contributed by atoms with Crippen LogP contribution in [0.4, 0.5) is 0 Å². The van der Waals surface area contributed by atoms with Crippen LogP contribution in [0.2, 0.25) is 0 Å². The van der Waals surface area contributed by atoms with Gasteiger partial charge in [-0.25, -0.2) is 0 Å². The highest BCUT2D eigenvalue weighted by Crippen LogP contribution is 2.44. The second kappa shape index (κ2) is 1.90. The Bertz CT molecular complexity index is 137. The fourth-order valence-electron chi connectivity index (χ4n) is 1.70. The minimum absolute atomic E-state index is 0.196. The molecule has 0 aromatic rings. The number of hydrogen-bond donors (Lipinski definition) is 0. The fourth-order valence-corrected chi connectivity index (χ4v) is 2.45. The van der Waals surface area contributed by atoms with Crippen LogP contribution in [0.1, 0.15) is 6.42 Å². The van der Waals surface area contributed by atoms with Crippen molar-refractivity contribution in [2.75, 3.05) is 0 Å². The van der Waals surface area contributed by atoms with Crippen LogP contribution in [0.3, 0.4) is 0 Å². The molecule has 1 fully saturated rings. The standard InChI is InChI=1S/C7H8Cl2/c8-6-4-1-2-5(3-4)7(6)9/h1-2,4-7H,3H2/t4-,5-,6-,7+/m1/s1. The van der Waals surface area contributed by atoms with Gasteiger partial charge >= 0.3 is 0 Å². The maximum Gasteiger partial charge on any atom is 0.0568 e. The molecule has 4 atom stereocenters. The van der Waals surface area contributed by atoms with Crippen LogP contribution >= 0.6 is 23.2 Å². The van der Waals surface area contributed by atoms with Gasteiger partial charge in [0.05, 0.1) is 10.8 Å². The first-order valence-corrected chi connectivity index (χ1v) is 4.13. The van der Waals surface area contributed by atoms with E-state index in [1.165, 1.54) is 6.42 Å². The van der Waals surface area contributed by atoms with E-state index in [9.17, 15) is 0 Å². The molecule has 9 heavy (non-hydrogen) atoms. The van der Waals surface area contributed by atoms with Gasteiger partial charge in [-0.3, -0.25) is 0 Å². The molecule has 50 valence electrons. The van der Waals surface area contributed by atoms with Crippen LogP contribution in [0, 0.1) is 11.8 Å². The number of alkyl halides is 2. The molecule has 0 heterocycles. The number of halogens is 2. The van der Waals surface area contributed by atoms with E-state index in [-0.39, 0.29) is 10.8 Å². The highest BCUT2D eigenvalue weighted by molar-refractivity contribution is 6.31. The Balaban J connectivity index is 2.26. The normalized spacial score (nSPS) is 54.9. The van der Waals surface area contributed by atoms with Crippen molar-refractivity contribution in [2.45, 2.75) is 17.2 Å². The van der Waals surface area contributed by atoms with Crippen LogP contribution < -0.4 is 0 Å². The zero-order valence-corrected chi connectivity index (χ0v) is 6.44. The summed E-state index contributed by atoms with van der Waals surface area (Å²) in [7, 11) is 0. The van der Waals surface area contributed by atoms with Crippen molar-refractivity contribution in [2.24, 2.45) is 11.8 Å². The Hall–Kier alpha value is 0.320. The van der Waals surface area contributed by atoms with E-state index >= 15 is 0 Å². The average molecular weight is 163 g/mol. The van der Waals surface area contributed by atoms with Crippen molar-refractivity contribution < 1.29 is 0 Å². The van der Waals surface area contributed by atoms with Crippen molar-refractivity contribution in [1.82, 2.24) is 0 Å². The molecule has 1 saturated carbocycles. The number of fused-ring (bicyclic) bond motifs is 2. The van der Waals surface area contributed by atoms with Crippen molar-refractivity contribution in [3.05, 3.63) is 12.2 Å². The second-order valence-electron chi connectivity index (χ2n) is 2.84. The van der Waals surface area contributed by atoms with Gasteiger partial charge < -0.3 is 0 Å². The highest BCUT2D eigenvalue weighted by Gasteiger charge is 2.42. The molecule has 0 aliphatic heterocycles. The van der Waals surface area contributed by atoms with E-state index < -0.39 is 0 Å². The SMILES string of the molecule is Cl[C@@H]1[C@H](Cl)[C@@H]2C=C[C@@H]1C2. The van der Waals surface area contributed by atoms with E-state index in [0.717, 1.165) is 0 Å². The topological polar surface area (TPSA) is 0 Å². The van der Waals surface area contributed by atoms with E-state index in [1.54, 1.807) is 0 Å². The molecule has 2 aliphatic rings. The van der Waals surface area contributed by atoms with Gasteiger partial charge in [-0.05, 0) is 18.3 Å². The summed E-state index contributed by atoms with van der Waals surface area (Å²) in [5.41, 5.74) is 0. The first kappa shape index (κ1) is 6.06. The first-order valence-electron chi connectivity index (χ1n) is 3.25. The Morgan fingerprint density at radius 1 is 1.00 bits per heavy atom. The zero-order chi connectivity index (χ0) is 6.43. The molecule has 2 rings (SSSR count). The molecule has 0 amide bonds. The van der Waals surface area contributed by atoms with E-state index in [0.29, 0.717) is 11.8 Å². The molecule has 2 heteroatoms. The quantitative estimate of drug-likeness (QED) is 0.380. The zero-order valence-electron chi connectivity index (χ0n) is 4.93. The molecule has 0 nitrogen and oxygen atoms in total. The summed E-state index contributed by atoms with van der Waals surface area (Å²) in [6, 6.07) is 0. The van der Waals surface area contributed by atoms with Crippen LogP contribution in [0.15, 0.2) is 12.2 Å². The smallest absolute Gasteiger partial charge is 0.0568 e.